The SMILES string of the molecule is C=C[C@@]1(C)CC(=O)[C@]2(O)[C@@]3(C)[C@@H](O)CCC(C)(C)[C@@H]3[C@H](OC/C=C/C)[C@H](OC(=O)OCC)[C@@]2(C)O1. The maximum Gasteiger partial charge on any atom is 0.508 e. The molecule has 0 radical (unpaired) electrons. The van der Waals surface area contributed by atoms with E-state index in [9.17, 15) is 19.8 Å². The average molecular weight is 495 g/mol. The van der Waals surface area contributed by atoms with E-state index in [1.807, 2.05) is 32.9 Å². The van der Waals surface area contributed by atoms with Crippen molar-refractivity contribution in [1.29, 1.82) is 0 Å². The van der Waals surface area contributed by atoms with Gasteiger partial charge in [0.15, 0.2) is 17.5 Å². The highest BCUT2D eigenvalue weighted by molar-refractivity contribution is 5.92. The summed E-state index contributed by atoms with van der Waals surface area (Å²) >= 11 is 0. The van der Waals surface area contributed by atoms with Crippen molar-refractivity contribution in [3.63, 3.8) is 0 Å². The van der Waals surface area contributed by atoms with E-state index in [2.05, 4.69) is 6.58 Å². The lowest BCUT2D eigenvalue weighted by atomic mass is 9.39. The van der Waals surface area contributed by atoms with Gasteiger partial charge >= 0.3 is 6.16 Å². The second-order valence-electron chi connectivity index (χ2n) is 11.4. The molecule has 0 amide bonds. The molecule has 0 unspecified atom stereocenters. The summed E-state index contributed by atoms with van der Waals surface area (Å²) in [6.07, 6.45) is 2.12. The number of allylic oxidation sites excluding steroid dienone is 1. The van der Waals surface area contributed by atoms with Gasteiger partial charge in [0, 0.05) is 17.8 Å². The summed E-state index contributed by atoms with van der Waals surface area (Å²) in [4.78, 5) is 26.6. The van der Waals surface area contributed by atoms with Gasteiger partial charge in [-0.1, -0.05) is 39.0 Å². The molecular formula is C27H42O8. The van der Waals surface area contributed by atoms with Gasteiger partial charge in [-0.2, -0.15) is 0 Å². The van der Waals surface area contributed by atoms with Crippen molar-refractivity contribution in [2.24, 2.45) is 16.7 Å². The van der Waals surface area contributed by atoms with Gasteiger partial charge in [-0.25, -0.2) is 4.79 Å². The third kappa shape index (κ3) is 3.97. The Balaban J connectivity index is 2.32. The van der Waals surface area contributed by atoms with Crippen molar-refractivity contribution in [1.82, 2.24) is 0 Å². The predicted molar refractivity (Wildman–Crippen MR) is 130 cm³/mol. The molecule has 2 aliphatic carbocycles. The van der Waals surface area contributed by atoms with Gasteiger partial charge < -0.3 is 29.2 Å². The van der Waals surface area contributed by atoms with Crippen molar-refractivity contribution in [2.75, 3.05) is 13.2 Å². The van der Waals surface area contributed by atoms with Crippen LogP contribution >= 0.6 is 0 Å². The Morgan fingerprint density at radius 1 is 1.26 bits per heavy atom. The largest absolute Gasteiger partial charge is 0.508 e. The minimum absolute atomic E-state index is 0.0894. The molecule has 8 heteroatoms. The second-order valence-corrected chi connectivity index (χ2v) is 11.4. The number of carbonyl (C=O) groups excluding carboxylic acids is 2. The van der Waals surface area contributed by atoms with E-state index in [0.717, 1.165) is 0 Å². The Morgan fingerprint density at radius 3 is 2.49 bits per heavy atom. The minimum atomic E-state index is -2.18. The average Bonchev–Trinajstić information content (AvgIpc) is 2.77. The molecule has 3 aliphatic rings. The van der Waals surface area contributed by atoms with Crippen LogP contribution in [-0.2, 0) is 23.7 Å². The summed E-state index contributed by atoms with van der Waals surface area (Å²) in [6.45, 7) is 16.7. The molecule has 0 bridgehead atoms. The number of carbonyl (C=O) groups is 2. The first-order chi connectivity index (χ1) is 16.2. The number of aliphatic hydroxyl groups excluding tert-OH is 1. The molecule has 8 atom stereocenters. The molecule has 198 valence electrons. The number of ketones is 1. The van der Waals surface area contributed by atoms with E-state index >= 15 is 0 Å². The Kier molecular flexibility index (Phi) is 7.39. The molecule has 2 N–H and O–H groups in total. The summed E-state index contributed by atoms with van der Waals surface area (Å²) in [5, 5.41) is 24.0. The van der Waals surface area contributed by atoms with Crippen LogP contribution in [0, 0.1) is 16.7 Å². The van der Waals surface area contributed by atoms with Crippen molar-refractivity contribution < 1.29 is 38.7 Å². The molecule has 1 heterocycles. The van der Waals surface area contributed by atoms with Gasteiger partial charge in [0.25, 0.3) is 0 Å². The summed E-state index contributed by atoms with van der Waals surface area (Å²) in [5.74, 6) is -1.04. The van der Waals surface area contributed by atoms with Crippen molar-refractivity contribution in [3.8, 4) is 0 Å². The first kappa shape index (κ1) is 27.8. The fourth-order valence-electron chi connectivity index (χ4n) is 7.14. The Labute approximate surface area is 208 Å². The second kappa shape index (κ2) is 9.29. The van der Waals surface area contributed by atoms with E-state index in [1.54, 1.807) is 27.7 Å². The number of rotatable bonds is 6. The number of ether oxygens (including phenoxy) is 4. The quantitative estimate of drug-likeness (QED) is 0.424. The summed E-state index contributed by atoms with van der Waals surface area (Å²) in [7, 11) is 0. The Bertz CT molecular complexity index is 882. The molecule has 3 rings (SSSR count). The maximum atomic E-state index is 14.0. The maximum absolute atomic E-state index is 14.0. The highest BCUT2D eigenvalue weighted by atomic mass is 16.7. The fourth-order valence-corrected chi connectivity index (χ4v) is 7.14. The minimum Gasteiger partial charge on any atom is -0.435 e. The van der Waals surface area contributed by atoms with Crippen LogP contribution in [0.15, 0.2) is 24.8 Å². The lowest BCUT2D eigenvalue weighted by Crippen LogP contribution is -2.87. The van der Waals surface area contributed by atoms with E-state index < -0.39 is 63.8 Å². The standard InChI is InChI=1S/C27H42O8/c1-9-12-15-33-19-20-23(4,5)14-13-17(28)25(20,7)27(31)18(29)16-24(6,10-2)35-26(27,8)21(19)34-22(30)32-11-3/h9-10,12,17,19-21,28,31H,2,11,13-16H2,1,3-8H3/b12-9+/t17-,19-,20-,21-,24-,25-,26+,27-/m0/s1. The monoisotopic (exact) mass is 494 g/mol. The van der Waals surface area contributed by atoms with E-state index in [0.29, 0.717) is 12.8 Å². The predicted octanol–water partition coefficient (Wildman–Crippen LogP) is 3.73. The van der Waals surface area contributed by atoms with Gasteiger partial charge in [-0.15, -0.1) is 6.58 Å². The zero-order valence-corrected chi connectivity index (χ0v) is 22.1. The molecule has 1 aliphatic heterocycles. The van der Waals surface area contributed by atoms with Crippen LogP contribution < -0.4 is 0 Å². The highest BCUT2D eigenvalue weighted by Gasteiger charge is 2.81. The van der Waals surface area contributed by atoms with Crippen LogP contribution in [0.1, 0.15) is 67.7 Å². The normalized spacial score (nSPS) is 44.9. The van der Waals surface area contributed by atoms with E-state index in [-0.39, 0.29) is 19.6 Å². The highest BCUT2D eigenvalue weighted by Crippen LogP contribution is 2.67. The number of aliphatic hydroxyl groups is 2. The molecule has 3 fully saturated rings. The number of hydrogen-bond acceptors (Lipinski definition) is 8. The molecule has 0 aromatic heterocycles. The first-order valence-electron chi connectivity index (χ1n) is 12.5. The van der Waals surface area contributed by atoms with E-state index in [4.69, 9.17) is 18.9 Å². The molecule has 0 aromatic rings. The van der Waals surface area contributed by atoms with Crippen molar-refractivity contribution >= 4 is 11.9 Å². The van der Waals surface area contributed by atoms with Gasteiger partial charge in [-0.05, 0) is 46.0 Å². The summed E-state index contributed by atoms with van der Waals surface area (Å²) < 4.78 is 23.8. The number of hydrogen-bond donors (Lipinski definition) is 2. The van der Waals surface area contributed by atoms with Gasteiger partial charge in [0.2, 0.25) is 0 Å². The third-order valence-electron chi connectivity index (χ3n) is 8.81. The topological polar surface area (TPSA) is 112 Å². The van der Waals surface area contributed by atoms with Crippen LogP contribution in [0.25, 0.3) is 0 Å². The zero-order valence-electron chi connectivity index (χ0n) is 22.1. The molecule has 35 heavy (non-hydrogen) atoms. The Morgan fingerprint density at radius 2 is 1.91 bits per heavy atom. The lowest BCUT2D eigenvalue weighted by Gasteiger charge is -2.71. The lowest BCUT2D eigenvalue weighted by molar-refractivity contribution is -0.373. The van der Waals surface area contributed by atoms with Gasteiger partial charge in [0.1, 0.15) is 11.7 Å². The van der Waals surface area contributed by atoms with Crippen LogP contribution in [-0.4, -0.2) is 70.5 Å². The molecule has 2 saturated carbocycles. The van der Waals surface area contributed by atoms with Crippen molar-refractivity contribution in [3.05, 3.63) is 24.8 Å². The number of Topliss-reactive ketones (excluding diaryl/α,β-unsaturated/α-hetero) is 1. The van der Waals surface area contributed by atoms with Crippen LogP contribution in [0.3, 0.4) is 0 Å². The molecular weight excluding hydrogens is 452 g/mol. The van der Waals surface area contributed by atoms with Crippen molar-refractivity contribution in [2.45, 2.75) is 103 Å². The van der Waals surface area contributed by atoms with Crippen LogP contribution in [0.5, 0.6) is 0 Å². The summed E-state index contributed by atoms with van der Waals surface area (Å²) in [6, 6.07) is 0. The zero-order chi connectivity index (χ0) is 26.4. The molecule has 1 saturated heterocycles. The molecule has 0 aromatic carbocycles. The molecule has 0 spiro atoms. The van der Waals surface area contributed by atoms with Crippen LogP contribution in [0.4, 0.5) is 4.79 Å². The molecule has 8 nitrogen and oxygen atoms in total. The first-order valence-corrected chi connectivity index (χ1v) is 12.5. The van der Waals surface area contributed by atoms with Crippen LogP contribution in [0.2, 0.25) is 0 Å². The number of fused-ring (bicyclic) bond motifs is 3. The summed E-state index contributed by atoms with van der Waals surface area (Å²) in [5.41, 5.74) is -6.89. The third-order valence-corrected chi connectivity index (χ3v) is 8.81. The van der Waals surface area contributed by atoms with Gasteiger partial charge in [0.05, 0.1) is 24.9 Å². The Hall–Kier alpha value is -1.74. The van der Waals surface area contributed by atoms with E-state index in [1.165, 1.54) is 6.08 Å². The fraction of sp³-hybridized carbons (Fsp3) is 0.778. The smallest absolute Gasteiger partial charge is 0.435 e. The van der Waals surface area contributed by atoms with Gasteiger partial charge in [-0.3, -0.25) is 4.79 Å².